The van der Waals surface area contributed by atoms with Gasteiger partial charge in [-0.15, -0.1) is 0 Å². The summed E-state index contributed by atoms with van der Waals surface area (Å²) in [5.41, 5.74) is 0. The number of likely N-dealkylation sites (tertiary alicyclic amines) is 1. The maximum Gasteiger partial charge on any atom is 0.245 e. The summed E-state index contributed by atoms with van der Waals surface area (Å²) in [4.78, 5) is 46.1. The molecule has 0 radical (unpaired) electrons. The Morgan fingerprint density at radius 3 is 2.22 bits per heavy atom. The highest BCUT2D eigenvalue weighted by atomic mass is 16.2. The van der Waals surface area contributed by atoms with Crippen LogP contribution in [0, 0.1) is 17.8 Å². The zero-order valence-corrected chi connectivity index (χ0v) is 23.6. The average Bonchev–Trinajstić information content (AvgIpc) is 2.85. The molecular weight excluding hydrogens is 452 g/mol. The molecule has 7 nitrogen and oxygen atoms in total. The van der Waals surface area contributed by atoms with Crippen molar-refractivity contribution in [1.82, 2.24) is 20.0 Å². The number of carbonyl (C=O) groups is 3. The molecule has 1 saturated carbocycles. The van der Waals surface area contributed by atoms with Crippen molar-refractivity contribution in [2.24, 2.45) is 17.8 Å². The molecule has 3 fully saturated rings. The van der Waals surface area contributed by atoms with Gasteiger partial charge in [-0.25, -0.2) is 0 Å². The number of amides is 3. The highest BCUT2D eigenvalue weighted by Gasteiger charge is 2.39. The molecule has 0 aromatic rings. The Labute approximate surface area is 219 Å². The molecule has 2 aliphatic heterocycles. The molecule has 3 rings (SSSR count). The summed E-state index contributed by atoms with van der Waals surface area (Å²) in [5.74, 6) is 1.59. The summed E-state index contributed by atoms with van der Waals surface area (Å²) in [5, 5.41) is 3.37. The van der Waals surface area contributed by atoms with E-state index in [0.717, 1.165) is 45.2 Å². The molecule has 3 aliphatic rings. The number of hydrogen-bond acceptors (Lipinski definition) is 4. The molecule has 7 heteroatoms. The van der Waals surface area contributed by atoms with Crippen LogP contribution in [0.4, 0.5) is 0 Å². The van der Waals surface area contributed by atoms with E-state index in [9.17, 15) is 14.4 Å². The molecule has 206 valence electrons. The molecule has 2 saturated heterocycles. The van der Waals surface area contributed by atoms with E-state index in [0.29, 0.717) is 62.2 Å². The van der Waals surface area contributed by atoms with Gasteiger partial charge in [0.05, 0.1) is 6.04 Å². The van der Waals surface area contributed by atoms with Gasteiger partial charge in [-0.3, -0.25) is 14.4 Å². The summed E-state index contributed by atoms with van der Waals surface area (Å²) >= 11 is 0. The minimum absolute atomic E-state index is 0.0804. The van der Waals surface area contributed by atoms with E-state index in [1.54, 1.807) is 0 Å². The first kappa shape index (κ1) is 28.9. The van der Waals surface area contributed by atoms with Crippen LogP contribution in [-0.2, 0) is 14.4 Å². The van der Waals surface area contributed by atoms with Crippen LogP contribution in [0.15, 0.2) is 0 Å². The second kappa shape index (κ2) is 13.8. The number of piperidine rings is 1. The monoisotopic (exact) mass is 504 g/mol. The third-order valence-electron chi connectivity index (χ3n) is 8.45. The highest BCUT2D eigenvalue weighted by molar-refractivity contribution is 5.90. The Balaban J connectivity index is 1.57. The topological polar surface area (TPSA) is 73.0 Å². The number of carbonyl (C=O) groups excluding carboxylic acids is 3. The van der Waals surface area contributed by atoms with Crippen molar-refractivity contribution >= 4 is 17.7 Å². The highest BCUT2D eigenvalue weighted by Crippen LogP contribution is 2.28. The molecule has 0 aromatic carbocycles. The third-order valence-corrected chi connectivity index (χ3v) is 8.45. The fraction of sp³-hybridized carbons (Fsp3) is 0.897. The second-order valence-electron chi connectivity index (χ2n) is 12.3. The Morgan fingerprint density at radius 2 is 1.64 bits per heavy atom. The van der Waals surface area contributed by atoms with Crippen molar-refractivity contribution in [3.8, 4) is 0 Å². The largest absolute Gasteiger partial charge is 0.341 e. The van der Waals surface area contributed by atoms with Crippen molar-refractivity contribution < 1.29 is 14.4 Å². The van der Waals surface area contributed by atoms with Crippen molar-refractivity contribution in [1.29, 1.82) is 0 Å². The van der Waals surface area contributed by atoms with Gasteiger partial charge in [0.2, 0.25) is 17.7 Å². The molecule has 0 unspecified atom stereocenters. The predicted molar refractivity (Wildman–Crippen MR) is 144 cm³/mol. The van der Waals surface area contributed by atoms with Gasteiger partial charge >= 0.3 is 0 Å². The summed E-state index contributed by atoms with van der Waals surface area (Å²) in [6, 6.07) is -0.149. The predicted octanol–water partition coefficient (Wildman–Crippen LogP) is 4.06. The van der Waals surface area contributed by atoms with Crippen LogP contribution < -0.4 is 5.32 Å². The first-order valence-electron chi connectivity index (χ1n) is 14.8. The van der Waals surface area contributed by atoms with Crippen LogP contribution in [-0.4, -0.2) is 83.3 Å². The maximum atomic E-state index is 13.7. The number of rotatable bonds is 10. The lowest BCUT2D eigenvalue weighted by atomic mass is 9.90. The van der Waals surface area contributed by atoms with Crippen LogP contribution in [0.1, 0.15) is 98.8 Å². The maximum absolute atomic E-state index is 13.7. The van der Waals surface area contributed by atoms with Gasteiger partial charge in [-0.05, 0) is 63.2 Å². The summed E-state index contributed by atoms with van der Waals surface area (Å²) in [6.07, 6.45) is 9.91. The van der Waals surface area contributed by atoms with E-state index in [-0.39, 0.29) is 23.9 Å². The van der Waals surface area contributed by atoms with Crippen LogP contribution in [0.5, 0.6) is 0 Å². The standard InChI is InChI=1S/C29H52N4O3/c1-6-32(24-10-8-7-9-11-24)27(34)20-23-12-15-31(16-13-23)29(36)26(19-22(4)5)33-17-14-30-25(28(33)35)18-21(2)3/h21-26,30H,6-20H2,1-5H3/t25-,26-/m0/s1. The van der Waals surface area contributed by atoms with E-state index in [2.05, 4.69) is 44.8 Å². The lowest BCUT2D eigenvalue weighted by Crippen LogP contribution is -2.62. The van der Waals surface area contributed by atoms with Gasteiger partial charge in [0.25, 0.3) is 0 Å². The van der Waals surface area contributed by atoms with Gasteiger partial charge in [0.1, 0.15) is 6.04 Å². The van der Waals surface area contributed by atoms with Crippen LogP contribution in [0.3, 0.4) is 0 Å². The molecule has 1 aliphatic carbocycles. The van der Waals surface area contributed by atoms with E-state index in [1.165, 1.54) is 19.3 Å². The van der Waals surface area contributed by atoms with Crippen molar-refractivity contribution in [3.05, 3.63) is 0 Å². The summed E-state index contributed by atoms with van der Waals surface area (Å²) in [7, 11) is 0. The Morgan fingerprint density at radius 1 is 0.972 bits per heavy atom. The zero-order valence-electron chi connectivity index (χ0n) is 23.6. The smallest absolute Gasteiger partial charge is 0.245 e. The van der Waals surface area contributed by atoms with Gasteiger partial charge in [0, 0.05) is 45.2 Å². The molecular formula is C29H52N4O3. The van der Waals surface area contributed by atoms with E-state index < -0.39 is 0 Å². The molecule has 1 N–H and O–H groups in total. The molecule has 36 heavy (non-hydrogen) atoms. The van der Waals surface area contributed by atoms with E-state index >= 15 is 0 Å². The van der Waals surface area contributed by atoms with Crippen molar-refractivity contribution in [2.45, 2.75) is 117 Å². The first-order chi connectivity index (χ1) is 17.2. The van der Waals surface area contributed by atoms with Gasteiger partial charge < -0.3 is 20.0 Å². The fourth-order valence-corrected chi connectivity index (χ4v) is 6.49. The normalized spacial score (nSPS) is 23.4. The summed E-state index contributed by atoms with van der Waals surface area (Å²) in [6.45, 7) is 14.1. The van der Waals surface area contributed by atoms with Crippen LogP contribution >= 0.6 is 0 Å². The molecule has 3 amide bonds. The average molecular weight is 505 g/mol. The van der Waals surface area contributed by atoms with Gasteiger partial charge in [-0.2, -0.15) is 0 Å². The first-order valence-corrected chi connectivity index (χ1v) is 14.8. The third kappa shape index (κ3) is 7.69. The SMILES string of the molecule is CCN(C(=O)CC1CCN(C(=O)[C@H](CC(C)C)N2CCN[C@@H](CC(C)C)C2=O)CC1)C1CCCCC1. The van der Waals surface area contributed by atoms with E-state index in [4.69, 9.17) is 0 Å². The number of piperazine rings is 1. The van der Waals surface area contributed by atoms with Crippen molar-refractivity contribution in [3.63, 3.8) is 0 Å². The Hall–Kier alpha value is -1.63. The van der Waals surface area contributed by atoms with Crippen molar-refractivity contribution in [2.75, 3.05) is 32.7 Å². The molecule has 0 bridgehead atoms. The number of hydrogen-bond donors (Lipinski definition) is 1. The minimum atomic E-state index is -0.380. The van der Waals surface area contributed by atoms with Gasteiger partial charge in [0.15, 0.2) is 0 Å². The lowest BCUT2D eigenvalue weighted by Gasteiger charge is -2.42. The van der Waals surface area contributed by atoms with Crippen LogP contribution in [0.25, 0.3) is 0 Å². The van der Waals surface area contributed by atoms with Gasteiger partial charge in [-0.1, -0.05) is 47.0 Å². The van der Waals surface area contributed by atoms with Crippen LogP contribution in [0.2, 0.25) is 0 Å². The lowest BCUT2D eigenvalue weighted by molar-refractivity contribution is -0.150. The molecule has 0 spiro atoms. The molecule has 0 aromatic heterocycles. The summed E-state index contributed by atoms with van der Waals surface area (Å²) < 4.78 is 0. The minimum Gasteiger partial charge on any atom is -0.341 e. The Kier molecular flexibility index (Phi) is 11.1. The molecule has 2 heterocycles. The zero-order chi connectivity index (χ0) is 26.2. The molecule has 2 atom stereocenters. The number of nitrogens with zero attached hydrogens (tertiary/aromatic N) is 3. The second-order valence-corrected chi connectivity index (χ2v) is 12.3. The Bertz CT molecular complexity index is 726. The number of nitrogens with one attached hydrogen (secondary N) is 1. The van der Waals surface area contributed by atoms with E-state index in [1.807, 2.05) is 9.80 Å². The quantitative estimate of drug-likeness (QED) is 0.487. The fourth-order valence-electron chi connectivity index (χ4n) is 6.49.